The molecule has 0 radical (unpaired) electrons. The Kier molecular flexibility index (Phi) is 6.23. The number of nitrogens with zero attached hydrogens (tertiary/aromatic N) is 1. The molecule has 0 saturated carbocycles. The van der Waals surface area contributed by atoms with Crippen LogP contribution in [0.2, 0.25) is 0 Å². The molecule has 1 heterocycles. The van der Waals surface area contributed by atoms with Gasteiger partial charge in [0.05, 0.1) is 20.3 Å². The number of hydrogen-bond donors (Lipinski definition) is 1. The van der Waals surface area contributed by atoms with Crippen molar-refractivity contribution < 1.29 is 28.9 Å². The Bertz CT molecular complexity index is 535. The van der Waals surface area contributed by atoms with Gasteiger partial charge in [0, 0.05) is 19.6 Å². The Hall–Kier alpha value is -1.80. The fraction of sp³-hybridized carbons (Fsp3) is 0.500. The number of esters is 1. The molecule has 1 aliphatic rings. The number of Topliss-reactive ketones (excluding diaryl/α,β-unsaturated/α-hetero) is 1. The number of aliphatic hydroxyl groups is 1. The molecule has 1 aromatic rings. The molecule has 3 atom stereocenters. The number of ketones is 1. The van der Waals surface area contributed by atoms with Crippen molar-refractivity contribution in [2.75, 3.05) is 20.8 Å². The first-order valence-corrected chi connectivity index (χ1v) is 7.29. The van der Waals surface area contributed by atoms with E-state index in [1.54, 1.807) is 0 Å². The summed E-state index contributed by atoms with van der Waals surface area (Å²) < 4.78 is 15.2. The highest BCUT2D eigenvalue weighted by molar-refractivity contribution is 6.05. The van der Waals surface area contributed by atoms with Gasteiger partial charge in [0.1, 0.15) is 0 Å². The van der Waals surface area contributed by atoms with E-state index < -0.39 is 24.5 Å². The molecule has 2 rings (SSSR count). The van der Waals surface area contributed by atoms with Crippen molar-refractivity contribution in [2.24, 2.45) is 0 Å². The smallest absolute Gasteiger partial charge is 0.331 e. The molecule has 0 spiro atoms. The molecule has 23 heavy (non-hydrogen) atoms. The maximum Gasteiger partial charge on any atom is 0.331 e. The lowest BCUT2D eigenvalue weighted by atomic mass is 10.2. The minimum atomic E-state index is -1.41. The highest BCUT2D eigenvalue weighted by atomic mass is 16.6. The number of hydrogen-bond acceptors (Lipinski definition) is 7. The Morgan fingerprint density at radius 2 is 2.04 bits per heavy atom. The van der Waals surface area contributed by atoms with Gasteiger partial charge in [-0.3, -0.25) is 4.79 Å². The summed E-state index contributed by atoms with van der Waals surface area (Å²) in [7, 11) is 2.69. The van der Waals surface area contributed by atoms with Crippen LogP contribution in [-0.4, -0.2) is 61.1 Å². The Morgan fingerprint density at radius 1 is 1.35 bits per heavy atom. The molecule has 1 aromatic carbocycles. The third kappa shape index (κ3) is 4.14. The van der Waals surface area contributed by atoms with Crippen molar-refractivity contribution in [2.45, 2.75) is 31.5 Å². The summed E-state index contributed by atoms with van der Waals surface area (Å²) in [6, 6.07) is 7.68. The van der Waals surface area contributed by atoms with Gasteiger partial charge in [0.2, 0.25) is 6.41 Å². The monoisotopic (exact) mass is 323 g/mol. The summed E-state index contributed by atoms with van der Waals surface area (Å²) in [5.74, 6) is -1.03. The van der Waals surface area contributed by atoms with Gasteiger partial charge in [-0.15, -0.1) is 0 Å². The maximum absolute atomic E-state index is 12.1. The number of carbonyl (C=O) groups is 2. The number of methoxy groups -OCH3 is 2. The molecular weight excluding hydrogens is 302 g/mol. The molecule has 0 aliphatic carbocycles. The molecule has 0 aromatic heterocycles. The first kappa shape index (κ1) is 17.6. The van der Waals surface area contributed by atoms with Crippen molar-refractivity contribution in [1.82, 2.24) is 4.90 Å². The zero-order valence-electron chi connectivity index (χ0n) is 13.2. The van der Waals surface area contributed by atoms with Crippen LogP contribution in [0.5, 0.6) is 0 Å². The lowest BCUT2D eigenvalue weighted by Gasteiger charge is -2.31. The van der Waals surface area contributed by atoms with E-state index in [-0.39, 0.29) is 25.4 Å². The second-order valence-corrected chi connectivity index (χ2v) is 5.28. The van der Waals surface area contributed by atoms with Crippen LogP contribution in [0.25, 0.3) is 0 Å². The van der Waals surface area contributed by atoms with Crippen LogP contribution in [0.4, 0.5) is 0 Å². The molecule has 1 N–H and O–H groups in total. The van der Waals surface area contributed by atoms with E-state index in [0.29, 0.717) is 0 Å². The standard InChI is InChI=1S/C16H21NO6/c1-21-10-12-8-13(18)14(15(19)22-2)17(12)16(20)23-9-11-6-4-3-5-7-11/h3-7,12,14,16,20H,8-10H2,1-2H3/t12-,14?,16?/m0/s1. The van der Waals surface area contributed by atoms with E-state index in [1.807, 2.05) is 30.3 Å². The summed E-state index contributed by atoms with van der Waals surface area (Å²) in [4.78, 5) is 25.3. The van der Waals surface area contributed by atoms with Crippen LogP contribution >= 0.6 is 0 Å². The van der Waals surface area contributed by atoms with Crippen LogP contribution < -0.4 is 0 Å². The molecule has 1 aliphatic heterocycles. The second kappa shape index (κ2) is 8.16. The van der Waals surface area contributed by atoms with Gasteiger partial charge >= 0.3 is 5.97 Å². The molecule has 0 amide bonds. The SMILES string of the molecule is COC[C@@H]1CC(=O)C(C(=O)OC)N1C(O)OCc1ccccc1. The van der Waals surface area contributed by atoms with Crippen molar-refractivity contribution in [3.8, 4) is 0 Å². The van der Waals surface area contributed by atoms with Crippen molar-refractivity contribution >= 4 is 11.8 Å². The quantitative estimate of drug-likeness (QED) is 0.439. The average molecular weight is 323 g/mol. The average Bonchev–Trinajstić information content (AvgIpc) is 2.89. The van der Waals surface area contributed by atoms with Gasteiger partial charge in [-0.1, -0.05) is 30.3 Å². The predicted molar refractivity (Wildman–Crippen MR) is 80.2 cm³/mol. The minimum Gasteiger partial charge on any atom is -0.468 e. The Morgan fingerprint density at radius 3 is 2.65 bits per heavy atom. The van der Waals surface area contributed by atoms with E-state index >= 15 is 0 Å². The topological polar surface area (TPSA) is 85.3 Å². The lowest BCUT2D eigenvalue weighted by Crippen LogP contribution is -2.51. The lowest BCUT2D eigenvalue weighted by molar-refractivity contribution is -0.221. The highest BCUT2D eigenvalue weighted by Gasteiger charge is 2.48. The molecule has 1 saturated heterocycles. The van der Waals surface area contributed by atoms with Gasteiger partial charge in [0.15, 0.2) is 11.8 Å². The first-order valence-electron chi connectivity index (χ1n) is 7.29. The van der Waals surface area contributed by atoms with Crippen molar-refractivity contribution in [3.05, 3.63) is 35.9 Å². The number of likely N-dealkylation sites (tertiary alicyclic amines) is 1. The molecule has 2 unspecified atom stereocenters. The number of rotatable bonds is 7. The van der Waals surface area contributed by atoms with Gasteiger partial charge in [-0.25, -0.2) is 9.69 Å². The van der Waals surface area contributed by atoms with E-state index in [4.69, 9.17) is 9.47 Å². The van der Waals surface area contributed by atoms with E-state index in [0.717, 1.165) is 5.56 Å². The van der Waals surface area contributed by atoms with Crippen LogP contribution in [0.15, 0.2) is 30.3 Å². The second-order valence-electron chi connectivity index (χ2n) is 5.28. The Balaban J connectivity index is 2.09. The Labute approximate surface area is 134 Å². The summed E-state index contributed by atoms with van der Waals surface area (Å²) in [5.41, 5.74) is 0.870. The van der Waals surface area contributed by atoms with Crippen LogP contribution in [0, 0.1) is 0 Å². The highest BCUT2D eigenvalue weighted by Crippen LogP contribution is 2.25. The summed E-state index contributed by atoms with van der Waals surface area (Å²) in [6.07, 6.45) is -1.31. The molecule has 7 nitrogen and oxygen atoms in total. The predicted octanol–water partition coefficient (Wildman–Crippen LogP) is 0.311. The van der Waals surface area contributed by atoms with Gasteiger partial charge in [-0.2, -0.15) is 0 Å². The maximum atomic E-state index is 12.1. The number of aliphatic hydroxyl groups excluding tert-OH is 1. The van der Waals surface area contributed by atoms with E-state index in [1.165, 1.54) is 19.1 Å². The van der Waals surface area contributed by atoms with Gasteiger partial charge in [0.25, 0.3) is 0 Å². The molecule has 1 fully saturated rings. The van der Waals surface area contributed by atoms with Crippen LogP contribution in [0.3, 0.4) is 0 Å². The minimum absolute atomic E-state index is 0.0966. The van der Waals surface area contributed by atoms with Crippen LogP contribution in [0.1, 0.15) is 12.0 Å². The fourth-order valence-electron chi connectivity index (χ4n) is 2.67. The third-order valence-electron chi connectivity index (χ3n) is 3.74. The molecular formula is C16H21NO6. The number of ether oxygens (including phenoxy) is 3. The van der Waals surface area contributed by atoms with Gasteiger partial charge in [-0.05, 0) is 5.56 Å². The normalized spacial score (nSPS) is 23.0. The fourth-order valence-corrected chi connectivity index (χ4v) is 2.67. The van der Waals surface area contributed by atoms with Gasteiger partial charge < -0.3 is 19.3 Å². The first-order chi connectivity index (χ1) is 11.1. The third-order valence-corrected chi connectivity index (χ3v) is 3.74. The summed E-state index contributed by atoms with van der Waals surface area (Å²) >= 11 is 0. The van der Waals surface area contributed by atoms with Crippen LogP contribution in [-0.2, 0) is 30.4 Å². The molecule has 7 heteroatoms. The largest absolute Gasteiger partial charge is 0.468 e. The molecule has 0 bridgehead atoms. The number of benzene rings is 1. The van der Waals surface area contributed by atoms with Crippen molar-refractivity contribution in [1.29, 1.82) is 0 Å². The summed E-state index contributed by atoms with van der Waals surface area (Å²) in [6.45, 7) is 0.352. The van der Waals surface area contributed by atoms with E-state index in [9.17, 15) is 14.7 Å². The van der Waals surface area contributed by atoms with Crippen molar-refractivity contribution in [3.63, 3.8) is 0 Å². The number of carbonyl (C=O) groups excluding carboxylic acids is 2. The zero-order chi connectivity index (χ0) is 16.8. The molecule has 126 valence electrons. The summed E-state index contributed by atoms with van der Waals surface area (Å²) in [5, 5.41) is 10.3. The zero-order valence-corrected chi connectivity index (χ0v) is 13.2. The van der Waals surface area contributed by atoms with E-state index in [2.05, 4.69) is 4.74 Å².